The van der Waals surface area contributed by atoms with Gasteiger partial charge in [0.1, 0.15) is 30.5 Å². The standard InChI is InChI=1S/C39H52FN5O13S/c40-34-15-12-32(24-29(34)8-6-4-2-1-3-5-7-9-36(47)48)58-31-10-13-33(14-11-31)59(52,53)45-39-43-25-30(26-44-39)38(51)42-17-19-55-20-22-56-27-35(46)41-16-18-54-21-23-57-28-37(49)50/h10-15,24-26H,1-9,16-23,27-28H2,(H,41,46)(H,42,51)(H,47,48)(H,49,50)(H,43,44,45). The van der Waals surface area contributed by atoms with Crippen molar-refractivity contribution in [2.75, 3.05) is 70.7 Å². The average Bonchev–Trinajstić information content (AvgIpc) is 3.20. The zero-order valence-corrected chi connectivity index (χ0v) is 33.5. The van der Waals surface area contributed by atoms with Gasteiger partial charge in [-0.15, -0.1) is 0 Å². The van der Waals surface area contributed by atoms with E-state index >= 15 is 0 Å². The molecule has 1 aromatic heterocycles. The zero-order valence-electron chi connectivity index (χ0n) is 32.7. The molecule has 18 nitrogen and oxygen atoms in total. The summed E-state index contributed by atoms with van der Waals surface area (Å²) in [6, 6.07) is 10.1. The monoisotopic (exact) mass is 849 g/mol. The Kier molecular flexibility index (Phi) is 22.3. The van der Waals surface area contributed by atoms with E-state index < -0.39 is 34.5 Å². The Morgan fingerprint density at radius 2 is 1.24 bits per heavy atom. The number of benzene rings is 2. The third-order valence-electron chi connectivity index (χ3n) is 8.17. The number of ether oxygens (including phenoxy) is 5. The van der Waals surface area contributed by atoms with Gasteiger partial charge < -0.3 is 44.5 Å². The quantitative estimate of drug-likeness (QED) is 0.0558. The Labute approximate surface area is 342 Å². The molecule has 2 amide bonds. The van der Waals surface area contributed by atoms with E-state index in [-0.39, 0.29) is 93.9 Å². The number of rotatable bonds is 32. The molecule has 0 aliphatic carbocycles. The number of anilines is 1. The van der Waals surface area contributed by atoms with E-state index in [4.69, 9.17) is 33.9 Å². The van der Waals surface area contributed by atoms with Gasteiger partial charge in [-0.3, -0.25) is 14.4 Å². The van der Waals surface area contributed by atoms with Gasteiger partial charge in [0.15, 0.2) is 0 Å². The number of carbonyl (C=O) groups is 4. The lowest BCUT2D eigenvalue weighted by Gasteiger charge is -2.11. The van der Waals surface area contributed by atoms with Crippen LogP contribution in [0.5, 0.6) is 11.5 Å². The minimum Gasteiger partial charge on any atom is -0.481 e. The van der Waals surface area contributed by atoms with Crippen molar-refractivity contribution < 1.29 is 65.9 Å². The number of unbranched alkanes of at least 4 members (excludes halogenated alkanes) is 6. The Bertz CT molecular complexity index is 1850. The van der Waals surface area contributed by atoms with Gasteiger partial charge >= 0.3 is 11.9 Å². The molecule has 0 saturated heterocycles. The molecule has 20 heteroatoms. The summed E-state index contributed by atoms with van der Waals surface area (Å²) in [5, 5.41) is 22.4. The number of aromatic nitrogens is 2. The average molecular weight is 850 g/mol. The third kappa shape index (κ3) is 20.8. The first kappa shape index (κ1) is 48.1. The molecule has 324 valence electrons. The molecule has 5 N–H and O–H groups in total. The maximum Gasteiger partial charge on any atom is 0.329 e. The van der Waals surface area contributed by atoms with Crippen molar-refractivity contribution in [2.24, 2.45) is 0 Å². The summed E-state index contributed by atoms with van der Waals surface area (Å²) in [5.41, 5.74) is 0.608. The number of aliphatic carboxylic acids is 2. The molecular weight excluding hydrogens is 798 g/mol. The molecule has 0 aliphatic rings. The number of aryl methyl sites for hydroxylation is 1. The van der Waals surface area contributed by atoms with Crippen LogP contribution < -0.4 is 20.1 Å². The SMILES string of the molecule is O=C(O)CCCCCCCCCc1cc(Oc2ccc(S(=O)(=O)Nc3ncc(C(=O)NCCOCCOCC(=O)NCCOCCOCC(=O)O)cn3)cc2)ccc1F. The van der Waals surface area contributed by atoms with Crippen molar-refractivity contribution in [3.63, 3.8) is 0 Å². The maximum absolute atomic E-state index is 14.5. The molecule has 0 spiro atoms. The first-order valence-corrected chi connectivity index (χ1v) is 20.6. The topological polar surface area (TPSA) is 251 Å². The highest BCUT2D eigenvalue weighted by molar-refractivity contribution is 7.92. The fraction of sp³-hybridized carbons (Fsp3) is 0.487. The normalized spacial score (nSPS) is 11.2. The van der Waals surface area contributed by atoms with Crippen LogP contribution in [0, 0.1) is 5.82 Å². The molecule has 0 bridgehead atoms. The van der Waals surface area contributed by atoms with Crippen LogP contribution in [-0.4, -0.2) is 118 Å². The molecule has 0 aliphatic heterocycles. The van der Waals surface area contributed by atoms with Gasteiger partial charge in [-0.2, -0.15) is 0 Å². The van der Waals surface area contributed by atoms with Crippen LogP contribution in [0.25, 0.3) is 0 Å². The van der Waals surface area contributed by atoms with Crippen LogP contribution in [0.15, 0.2) is 59.8 Å². The molecular formula is C39H52FN5O13S. The van der Waals surface area contributed by atoms with Crippen molar-refractivity contribution in [1.82, 2.24) is 20.6 Å². The number of carboxylic acid groups (broad SMARTS) is 2. The Balaban J connectivity index is 1.29. The van der Waals surface area contributed by atoms with Crippen LogP contribution in [0.2, 0.25) is 0 Å². The van der Waals surface area contributed by atoms with Crippen LogP contribution in [0.4, 0.5) is 10.3 Å². The second-order valence-corrected chi connectivity index (χ2v) is 14.6. The van der Waals surface area contributed by atoms with Gasteiger partial charge in [0, 0.05) is 31.9 Å². The molecule has 0 fully saturated rings. The predicted octanol–water partition coefficient (Wildman–Crippen LogP) is 3.95. The number of nitrogens with one attached hydrogen (secondary N) is 3. The van der Waals surface area contributed by atoms with Crippen LogP contribution in [0.3, 0.4) is 0 Å². The van der Waals surface area contributed by atoms with Gasteiger partial charge in [-0.1, -0.05) is 32.1 Å². The Morgan fingerprint density at radius 3 is 1.88 bits per heavy atom. The van der Waals surface area contributed by atoms with Gasteiger partial charge in [-0.05, 0) is 67.3 Å². The molecule has 3 aromatic rings. The number of amides is 2. The molecule has 1 heterocycles. The largest absolute Gasteiger partial charge is 0.481 e. The van der Waals surface area contributed by atoms with Crippen LogP contribution in [0.1, 0.15) is 67.3 Å². The van der Waals surface area contributed by atoms with Crippen molar-refractivity contribution in [3.05, 3.63) is 71.8 Å². The van der Waals surface area contributed by atoms with Gasteiger partial charge in [0.25, 0.3) is 15.9 Å². The summed E-state index contributed by atoms with van der Waals surface area (Å²) < 4.78 is 69.2. The predicted molar refractivity (Wildman–Crippen MR) is 210 cm³/mol. The number of hydrogen-bond donors (Lipinski definition) is 5. The third-order valence-corrected chi connectivity index (χ3v) is 9.51. The minimum absolute atomic E-state index is 0.0893. The summed E-state index contributed by atoms with van der Waals surface area (Å²) >= 11 is 0. The van der Waals surface area contributed by atoms with E-state index in [1.807, 2.05) is 0 Å². The van der Waals surface area contributed by atoms with Crippen molar-refractivity contribution >= 4 is 39.7 Å². The summed E-state index contributed by atoms with van der Waals surface area (Å²) in [4.78, 5) is 52.9. The van der Waals surface area contributed by atoms with E-state index in [0.717, 1.165) is 38.5 Å². The Hall–Kier alpha value is -5.28. The van der Waals surface area contributed by atoms with E-state index in [0.29, 0.717) is 29.9 Å². The summed E-state index contributed by atoms with van der Waals surface area (Å²) in [5.74, 6) is -2.52. The number of halogens is 1. The number of carbonyl (C=O) groups excluding carboxylic acids is 2. The number of carboxylic acids is 2. The van der Waals surface area contributed by atoms with E-state index in [1.54, 1.807) is 6.07 Å². The second-order valence-electron chi connectivity index (χ2n) is 12.9. The first-order chi connectivity index (χ1) is 28.4. The van der Waals surface area contributed by atoms with Crippen molar-refractivity contribution in [1.29, 1.82) is 0 Å². The summed E-state index contributed by atoms with van der Waals surface area (Å²) in [6.07, 6.45) is 9.35. The van der Waals surface area contributed by atoms with E-state index in [2.05, 4.69) is 25.3 Å². The lowest BCUT2D eigenvalue weighted by Crippen LogP contribution is -2.31. The van der Waals surface area contributed by atoms with Crippen molar-refractivity contribution in [3.8, 4) is 11.5 Å². The maximum atomic E-state index is 14.5. The number of sulfonamides is 1. The minimum atomic E-state index is -4.09. The lowest BCUT2D eigenvalue weighted by molar-refractivity contribution is -0.143. The van der Waals surface area contributed by atoms with Gasteiger partial charge in [0.2, 0.25) is 11.9 Å². The summed E-state index contributed by atoms with van der Waals surface area (Å²) in [7, 11) is -4.09. The number of hydrogen-bond acceptors (Lipinski definition) is 13. The lowest BCUT2D eigenvalue weighted by atomic mass is 10.0. The van der Waals surface area contributed by atoms with Crippen LogP contribution >= 0.6 is 0 Å². The molecule has 59 heavy (non-hydrogen) atoms. The molecule has 2 aromatic carbocycles. The smallest absolute Gasteiger partial charge is 0.329 e. The Morgan fingerprint density at radius 1 is 0.661 bits per heavy atom. The highest BCUT2D eigenvalue weighted by atomic mass is 32.2. The van der Waals surface area contributed by atoms with E-state index in [9.17, 15) is 32.0 Å². The van der Waals surface area contributed by atoms with Crippen LogP contribution in [-0.2, 0) is 49.8 Å². The van der Waals surface area contributed by atoms with Gasteiger partial charge in [0.05, 0.1) is 50.1 Å². The van der Waals surface area contributed by atoms with Crippen molar-refractivity contribution in [2.45, 2.75) is 62.7 Å². The zero-order chi connectivity index (χ0) is 42.7. The van der Waals surface area contributed by atoms with Gasteiger partial charge in [-0.25, -0.2) is 32.3 Å². The molecule has 0 saturated carbocycles. The fourth-order valence-corrected chi connectivity index (χ4v) is 6.16. The first-order valence-electron chi connectivity index (χ1n) is 19.1. The highest BCUT2D eigenvalue weighted by Gasteiger charge is 2.17. The molecule has 0 radical (unpaired) electrons. The highest BCUT2D eigenvalue weighted by Crippen LogP contribution is 2.26. The fourth-order valence-electron chi connectivity index (χ4n) is 5.20. The molecule has 0 unspecified atom stereocenters. The second kappa shape index (κ2) is 27.4. The molecule has 3 rings (SSSR count). The molecule has 0 atom stereocenters. The van der Waals surface area contributed by atoms with E-state index in [1.165, 1.54) is 48.8 Å². The summed E-state index contributed by atoms with van der Waals surface area (Å²) in [6.45, 7) is 0.858. The number of nitrogens with zero attached hydrogens (tertiary/aromatic N) is 2.